The molecule has 2 aromatic heterocycles. The Kier molecular flexibility index (Phi) is 10.2. The Morgan fingerprint density at radius 1 is 0.683 bits per heavy atom. The van der Waals surface area contributed by atoms with Crippen LogP contribution in [0, 0.1) is 29.6 Å². The SMILES string of the molecule is COC(=O)N[C@H](C(=O)N1[C@@H]2CC[C@@H](C2)[C@@]1(C)c1nc2ccc(-c3ccc(-c4ccc(-c5ccc6nc([C@@H]7C8CC[C@H](C8)N7C(=O)C(C)C(C)C)[nH]c6c5)cc4)cc3)cc2[nH]1)C(C)C. The number of amides is 3. The second-order valence-electron chi connectivity index (χ2n) is 19.7. The van der Waals surface area contributed by atoms with Crippen LogP contribution in [0.4, 0.5) is 4.79 Å². The molecule has 4 aromatic carbocycles. The fourth-order valence-electron chi connectivity index (χ4n) is 11.5. The average Bonchev–Trinajstić information content (AvgIpc) is 4.17. The molecule has 2 aliphatic heterocycles. The number of methoxy groups -OCH3 is 1. The number of aromatic amines is 2. The number of hydrogen-bond acceptors (Lipinski definition) is 6. The molecule has 2 unspecified atom stereocenters. The van der Waals surface area contributed by atoms with E-state index in [1.165, 1.54) is 7.11 Å². The molecule has 0 radical (unpaired) electrons. The van der Waals surface area contributed by atoms with Crippen molar-refractivity contribution < 1.29 is 19.1 Å². The fraction of sp³-hybridized carbons (Fsp3) is 0.442. The normalized spacial score (nSPS) is 24.9. The first-order valence-electron chi connectivity index (χ1n) is 23.0. The van der Waals surface area contributed by atoms with Crippen LogP contribution in [-0.4, -0.2) is 72.9 Å². The summed E-state index contributed by atoms with van der Waals surface area (Å²) < 4.78 is 4.87. The van der Waals surface area contributed by atoms with Gasteiger partial charge < -0.3 is 29.8 Å². The number of fused-ring (bicyclic) bond motifs is 6. The lowest BCUT2D eigenvalue weighted by atomic mass is 9.83. The largest absolute Gasteiger partial charge is 0.453 e. The van der Waals surface area contributed by atoms with Gasteiger partial charge in [-0.05, 0) is 127 Å². The van der Waals surface area contributed by atoms with Gasteiger partial charge in [0.2, 0.25) is 11.8 Å². The maximum atomic E-state index is 14.2. The molecule has 3 amide bonds. The molecule has 4 bridgehead atoms. The summed E-state index contributed by atoms with van der Waals surface area (Å²) in [5.41, 5.74) is 9.80. The highest BCUT2D eigenvalue weighted by atomic mass is 16.5. The molecule has 6 aromatic rings. The number of carbonyl (C=O) groups excluding carboxylic acids is 3. The molecule has 11 heteroatoms. The summed E-state index contributed by atoms with van der Waals surface area (Å²) >= 11 is 0. The molecule has 4 aliphatic rings. The summed E-state index contributed by atoms with van der Waals surface area (Å²) in [6.07, 6.45) is 5.63. The van der Waals surface area contributed by atoms with E-state index in [4.69, 9.17) is 14.7 Å². The zero-order valence-corrected chi connectivity index (χ0v) is 37.4. The van der Waals surface area contributed by atoms with Crippen LogP contribution in [0.25, 0.3) is 55.4 Å². The van der Waals surface area contributed by atoms with Crippen molar-refractivity contribution in [3.8, 4) is 33.4 Å². The lowest BCUT2D eigenvalue weighted by Crippen LogP contribution is -2.59. The standard InChI is InChI=1S/C52H59N7O4/c1-28(2)30(5)48(60)58-39-20-16-37(24-39)46(58)47-53-41-22-17-35(25-43(41)54-47)33-12-8-31(9-13-33)32-10-14-34(15-11-32)36-18-23-42-44(26-36)56-50(55-42)52(6)38-19-21-40(27-38)59(52)49(61)45(29(3)4)57-51(62)63-7/h8-15,17-18,22-23,25-26,28-30,37-40,45-46H,16,19-21,24,27H2,1-7H3,(H,53,54)(H,55,56)(H,57,62)/t30?,37?,38-,39+,40+,45-,46-,52-/m0/s1. The summed E-state index contributed by atoms with van der Waals surface area (Å²) in [5, 5.41) is 2.80. The summed E-state index contributed by atoms with van der Waals surface area (Å²) in [7, 11) is 1.32. The van der Waals surface area contributed by atoms with Crippen molar-refractivity contribution in [2.24, 2.45) is 29.6 Å². The van der Waals surface area contributed by atoms with Crippen molar-refractivity contribution in [2.45, 2.75) is 110 Å². The number of hydrogen-bond donors (Lipinski definition) is 3. The monoisotopic (exact) mass is 845 g/mol. The Morgan fingerprint density at radius 3 is 1.83 bits per heavy atom. The van der Waals surface area contributed by atoms with Gasteiger partial charge in [0.05, 0.1) is 35.2 Å². The number of H-pyrrole nitrogens is 2. The zero-order chi connectivity index (χ0) is 43.9. The number of ether oxygens (including phenoxy) is 1. The van der Waals surface area contributed by atoms with Crippen molar-refractivity contribution in [3.05, 3.63) is 96.6 Å². The van der Waals surface area contributed by atoms with Crippen molar-refractivity contribution in [1.29, 1.82) is 0 Å². The van der Waals surface area contributed by atoms with Gasteiger partial charge in [-0.2, -0.15) is 0 Å². The number of rotatable bonds is 10. The van der Waals surface area contributed by atoms with Gasteiger partial charge >= 0.3 is 6.09 Å². The predicted octanol–water partition coefficient (Wildman–Crippen LogP) is 10.4. The van der Waals surface area contributed by atoms with Crippen LogP contribution >= 0.6 is 0 Å². The number of nitrogens with one attached hydrogen (secondary N) is 3. The third-order valence-electron chi connectivity index (χ3n) is 15.4. The smallest absolute Gasteiger partial charge is 0.407 e. The Morgan fingerprint density at radius 2 is 1.24 bits per heavy atom. The van der Waals surface area contributed by atoms with Crippen molar-refractivity contribution in [2.75, 3.05) is 7.11 Å². The van der Waals surface area contributed by atoms with Crippen LogP contribution in [0.15, 0.2) is 84.9 Å². The van der Waals surface area contributed by atoms with E-state index >= 15 is 0 Å². The summed E-state index contributed by atoms with van der Waals surface area (Å²) in [6, 6.07) is 29.9. The highest BCUT2D eigenvalue weighted by Crippen LogP contribution is 2.54. The molecule has 63 heavy (non-hydrogen) atoms. The maximum absolute atomic E-state index is 14.2. The third kappa shape index (κ3) is 6.89. The van der Waals surface area contributed by atoms with E-state index in [2.05, 4.69) is 133 Å². The van der Waals surface area contributed by atoms with E-state index in [0.717, 1.165) is 106 Å². The highest BCUT2D eigenvalue weighted by molar-refractivity contribution is 5.88. The molecule has 4 heterocycles. The molecular weight excluding hydrogens is 787 g/mol. The first-order valence-corrected chi connectivity index (χ1v) is 23.0. The quantitative estimate of drug-likeness (QED) is 0.126. The Labute approximate surface area is 369 Å². The number of carbonyl (C=O) groups is 3. The maximum Gasteiger partial charge on any atom is 0.407 e. The molecule has 2 saturated carbocycles. The van der Waals surface area contributed by atoms with Gasteiger partial charge in [0.1, 0.15) is 23.2 Å². The molecule has 2 aliphatic carbocycles. The Bertz CT molecular complexity index is 2720. The Balaban J connectivity index is 0.853. The molecule has 326 valence electrons. The van der Waals surface area contributed by atoms with Crippen LogP contribution in [0.5, 0.6) is 0 Å². The van der Waals surface area contributed by atoms with Crippen molar-refractivity contribution in [3.63, 3.8) is 0 Å². The number of nitrogens with zero attached hydrogens (tertiary/aromatic N) is 4. The van der Waals surface area contributed by atoms with Gasteiger partial charge in [0, 0.05) is 18.0 Å². The number of piperidine rings is 2. The molecule has 4 fully saturated rings. The first-order chi connectivity index (χ1) is 30.3. The molecule has 3 N–H and O–H groups in total. The number of alkyl carbamates (subject to hydrolysis) is 1. The van der Waals surface area contributed by atoms with Gasteiger partial charge in [0.25, 0.3) is 0 Å². The summed E-state index contributed by atoms with van der Waals surface area (Å²) in [6.45, 7) is 12.4. The first kappa shape index (κ1) is 41.1. The second-order valence-corrected chi connectivity index (χ2v) is 19.7. The van der Waals surface area contributed by atoms with Gasteiger partial charge in [0.15, 0.2) is 0 Å². The van der Waals surface area contributed by atoms with E-state index in [1.54, 1.807) is 0 Å². The van der Waals surface area contributed by atoms with Gasteiger partial charge in [-0.1, -0.05) is 95.3 Å². The Hall–Kier alpha value is -5.97. The van der Waals surface area contributed by atoms with E-state index in [-0.39, 0.29) is 41.7 Å². The van der Waals surface area contributed by atoms with Crippen LogP contribution < -0.4 is 5.32 Å². The summed E-state index contributed by atoms with van der Waals surface area (Å²) in [5.74, 6) is 2.81. The van der Waals surface area contributed by atoms with E-state index in [1.807, 2.05) is 18.7 Å². The number of likely N-dealkylation sites (tertiary alicyclic amines) is 2. The minimum absolute atomic E-state index is 0.00527. The molecule has 10 rings (SSSR count). The highest BCUT2D eigenvalue weighted by Gasteiger charge is 2.59. The fourth-order valence-corrected chi connectivity index (χ4v) is 11.5. The van der Waals surface area contributed by atoms with E-state index in [9.17, 15) is 14.4 Å². The molecule has 11 nitrogen and oxygen atoms in total. The molecule has 8 atom stereocenters. The topological polar surface area (TPSA) is 136 Å². The minimum atomic E-state index is -0.693. The van der Waals surface area contributed by atoms with Crippen LogP contribution in [0.2, 0.25) is 0 Å². The minimum Gasteiger partial charge on any atom is -0.453 e. The average molecular weight is 846 g/mol. The molecule has 2 saturated heterocycles. The van der Waals surface area contributed by atoms with E-state index < -0.39 is 17.7 Å². The number of imidazole rings is 2. The third-order valence-corrected chi connectivity index (χ3v) is 15.4. The lowest BCUT2D eigenvalue weighted by Gasteiger charge is -2.45. The predicted molar refractivity (Wildman–Crippen MR) is 246 cm³/mol. The van der Waals surface area contributed by atoms with Gasteiger partial charge in [-0.15, -0.1) is 0 Å². The van der Waals surface area contributed by atoms with Crippen LogP contribution in [0.1, 0.15) is 97.8 Å². The lowest BCUT2D eigenvalue weighted by molar-refractivity contribution is -0.144. The molecular formula is C52H59N7O4. The number of benzene rings is 4. The van der Waals surface area contributed by atoms with E-state index in [0.29, 0.717) is 17.9 Å². The van der Waals surface area contributed by atoms with Crippen LogP contribution in [-0.2, 0) is 19.9 Å². The number of aromatic nitrogens is 4. The molecule has 0 spiro atoms. The van der Waals surface area contributed by atoms with Crippen molar-refractivity contribution >= 4 is 40.0 Å². The van der Waals surface area contributed by atoms with Crippen molar-refractivity contribution in [1.82, 2.24) is 35.1 Å². The summed E-state index contributed by atoms with van der Waals surface area (Å²) in [4.78, 5) is 61.8. The zero-order valence-electron chi connectivity index (χ0n) is 37.4. The van der Waals surface area contributed by atoms with Gasteiger partial charge in [-0.3, -0.25) is 9.59 Å². The van der Waals surface area contributed by atoms with Gasteiger partial charge in [-0.25, -0.2) is 14.8 Å². The second kappa shape index (κ2) is 15.7. The van der Waals surface area contributed by atoms with Crippen LogP contribution in [0.3, 0.4) is 0 Å².